The van der Waals surface area contributed by atoms with Crippen LogP contribution in [0.3, 0.4) is 0 Å². The summed E-state index contributed by atoms with van der Waals surface area (Å²) in [5.41, 5.74) is 1.98. The van der Waals surface area contributed by atoms with Gasteiger partial charge in [-0.2, -0.15) is 0 Å². The van der Waals surface area contributed by atoms with Gasteiger partial charge in [-0.25, -0.2) is 0 Å². The van der Waals surface area contributed by atoms with Gasteiger partial charge in [-0.1, -0.05) is 32.0 Å². The second-order valence-electron chi connectivity index (χ2n) is 5.31. The third-order valence-electron chi connectivity index (χ3n) is 4.10. The molecule has 1 aliphatic rings. The Morgan fingerprint density at radius 1 is 1.35 bits per heavy atom. The third-order valence-corrected chi connectivity index (χ3v) is 4.10. The number of benzene rings is 1. The summed E-state index contributed by atoms with van der Waals surface area (Å²) in [7, 11) is 0. The predicted octanol–water partition coefficient (Wildman–Crippen LogP) is 2.76. The van der Waals surface area contributed by atoms with Crippen LogP contribution in [0.1, 0.15) is 37.5 Å². The van der Waals surface area contributed by atoms with Gasteiger partial charge in [-0.05, 0) is 12.5 Å². The van der Waals surface area contributed by atoms with E-state index >= 15 is 0 Å². The highest BCUT2D eigenvalue weighted by Crippen LogP contribution is 2.37. The summed E-state index contributed by atoms with van der Waals surface area (Å²) < 4.78 is 5.96. The molecule has 0 spiro atoms. The molecule has 20 heavy (non-hydrogen) atoms. The molecule has 4 nitrogen and oxygen atoms in total. The molecule has 0 aliphatic carbocycles. The summed E-state index contributed by atoms with van der Waals surface area (Å²) in [6, 6.07) is 7.89. The molecule has 1 saturated heterocycles. The molecule has 1 aliphatic heterocycles. The molecule has 1 aromatic heterocycles. The van der Waals surface area contributed by atoms with Crippen LogP contribution < -0.4 is 5.32 Å². The van der Waals surface area contributed by atoms with Crippen LogP contribution in [0.15, 0.2) is 28.7 Å². The van der Waals surface area contributed by atoms with Crippen LogP contribution in [0.4, 0.5) is 0 Å². The van der Waals surface area contributed by atoms with Crippen molar-refractivity contribution in [3.63, 3.8) is 0 Å². The van der Waals surface area contributed by atoms with Gasteiger partial charge in [0.25, 0.3) is 0 Å². The van der Waals surface area contributed by atoms with Gasteiger partial charge in [0.2, 0.25) is 11.8 Å². The summed E-state index contributed by atoms with van der Waals surface area (Å²) >= 11 is 0. The zero-order chi connectivity index (χ0) is 14.3. The molecule has 4 heteroatoms. The highest BCUT2D eigenvalue weighted by molar-refractivity contribution is 6.04. The van der Waals surface area contributed by atoms with Gasteiger partial charge < -0.3 is 4.42 Å². The molecule has 1 fully saturated rings. The second kappa shape index (κ2) is 4.78. The highest BCUT2D eigenvalue weighted by Gasteiger charge is 2.37. The van der Waals surface area contributed by atoms with Gasteiger partial charge in [-0.15, -0.1) is 0 Å². The summed E-state index contributed by atoms with van der Waals surface area (Å²) in [6.07, 6.45) is 1.10. The van der Waals surface area contributed by atoms with Gasteiger partial charge in [0.05, 0.1) is 5.92 Å². The van der Waals surface area contributed by atoms with Crippen LogP contribution in [0.2, 0.25) is 0 Å². The Morgan fingerprint density at radius 3 is 2.75 bits per heavy atom. The topological polar surface area (TPSA) is 59.3 Å². The lowest BCUT2D eigenvalue weighted by Gasteiger charge is -2.15. The smallest absolute Gasteiger partial charge is 0.230 e. The second-order valence-corrected chi connectivity index (χ2v) is 5.31. The average Bonchev–Trinajstić information content (AvgIpc) is 2.97. The van der Waals surface area contributed by atoms with E-state index in [4.69, 9.17) is 4.42 Å². The van der Waals surface area contributed by atoms with Crippen molar-refractivity contribution in [2.24, 2.45) is 5.92 Å². The van der Waals surface area contributed by atoms with E-state index in [1.165, 1.54) is 0 Å². The SMILES string of the molecule is CCc1c(C(C)C2CC(=O)NC2=O)oc2ccccc12. The Labute approximate surface area is 117 Å². The van der Waals surface area contributed by atoms with Crippen LogP contribution >= 0.6 is 0 Å². The summed E-state index contributed by atoms with van der Waals surface area (Å²) in [5, 5.41) is 3.47. The van der Waals surface area contributed by atoms with Crippen molar-refractivity contribution in [1.82, 2.24) is 5.32 Å². The van der Waals surface area contributed by atoms with E-state index < -0.39 is 0 Å². The van der Waals surface area contributed by atoms with Gasteiger partial charge in [0, 0.05) is 23.3 Å². The van der Waals surface area contributed by atoms with Crippen molar-refractivity contribution in [2.75, 3.05) is 0 Å². The molecule has 104 valence electrons. The molecule has 2 heterocycles. The number of amides is 2. The quantitative estimate of drug-likeness (QED) is 0.873. The number of hydrogen-bond acceptors (Lipinski definition) is 3. The molecule has 3 rings (SSSR count). The Hall–Kier alpha value is -2.10. The molecule has 0 bridgehead atoms. The first-order valence-electron chi connectivity index (χ1n) is 6.95. The first-order valence-corrected chi connectivity index (χ1v) is 6.95. The minimum Gasteiger partial charge on any atom is -0.460 e. The molecular weight excluding hydrogens is 254 g/mol. The lowest BCUT2D eigenvalue weighted by atomic mass is 9.88. The number of imide groups is 1. The van der Waals surface area contributed by atoms with E-state index in [-0.39, 0.29) is 30.1 Å². The Morgan fingerprint density at radius 2 is 2.10 bits per heavy atom. The summed E-state index contributed by atoms with van der Waals surface area (Å²) in [6.45, 7) is 4.03. The van der Waals surface area contributed by atoms with Gasteiger partial charge in [-0.3, -0.25) is 14.9 Å². The van der Waals surface area contributed by atoms with E-state index in [0.29, 0.717) is 0 Å². The van der Waals surface area contributed by atoms with Crippen LogP contribution in [-0.2, 0) is 16.0 Å². The standard InChI is InChI=1S/C16H17NO3/c1-3-10-11-6-4-5-7-13(11)20-15(10)9(2)12-8-14(18)17-16(12)19/h4-7,9,12H,3,8H2,1-2H3,(H,17,18,19). The Bertz CT molecular complexity index is 686. The zero-order valence-electron chi connectivity index (χ0n) is 11.6. The van der Waals surface area contributed by atoms with Crippen molar-refractivity contribution in [3.8, 4) is 0 Å². The number of fused-ring (bicyclic) bond motifs is 1. The Kier molecular flexibility index (Phi) is 3.08. The summed E-state index contributed by atoms with van der Waals surface area (Å²) in [5.74, 6) is 0.0340. The van der Waals surface area contributed by atoms with Gasteiger partial charge in [0.15, 0.2) is 0 Å². The van der Waals surface area contributed by atoms with Crippen molar-refractivity contribution in [2.45, 2.75) is 32.6 Å². The van der Waals surface area contributed by atoms with Crippen LogP contribution in [0.5, 0.6) is 0 Å². The van der Waals surface area contributed by atoms with Crippen LogP contribution in [0, 0.1) is 5.92 Å². The minimum absolute atomic E-state index is 0.0937. The van der Waals surface area contributed by atoms with E-state index in [0.717, 1.165) is 28.7 Å². The maximum Gasteiger partial charge on any atom is 0.230 e. The maximum absolute atomic E-state index is 11.8. The van der Waals surface area contributed by atoms with Crippen LogP contribution in [0.25, 0.3) is 11.0 Å². The summed E-state index contributed by atoms with van der Waals surface area (Å²) in [4.78, 5) is 23.2. The maximum atomic E-state index is 11.8. The monoisotopic (exact) mass is 271 g/mol. The van der Waals surface area contributed by atoms with Gasteiger partial charge in [0.1, 0.15) is 11.3 Å². The number of rotatable bonds is 3. The number of furan rings is 1. The zero-order valence-corrected chi connectivity index (χ0v) is 11.6. The normalized spacial score (nSPS) is 20.4. The number of carbonyl (C=O) groups excluding carboxylic acids is 2. The molecule has 2 amide bonds. The van der Waals surface area contributed by atoms with E-state index in [1.807, 2.05) is 31.2 Å². The van der Waals surface area contributed by atoms with Crippen LogP contribution in [-0.4, -0.2) is 11.8 Å². The lowest BCUT2D eigenvalue weighted by Crippen LogP contribution is -2.24. The van der Waals surface area contributed by atoms with E-state index in [9.17, 15) is 9.59 Å². The number of nitrogens with one attached hydrogen (secondary N) is 1. The highest BCUT2D eigenvalue weighted by atomic mass is 16.3. The van der Waals surface area contributed by atoms with Crippen molar-refractivity contribution >= 4 is 22.8 Å². The Balaban J connectivity index is 2.05. The number of aryl methyl sites for hydroxylation is 1. The molecule has 0 saturated carbocycles. The van der Waals surface area contributed by atoms with E-state index in [2.05, 4.69) is 12.2 Å². The molecule has 0 radical (unpaired) electrons. The molecule has 1 N–H and O–H groups in total. The van der Waals surface area contributed by atoms with Gasteiger partial charge >= 0.3 is 0 Å². The molecule has 1 aromatic carbocycles. The first kappa shape index (κ1) is 12.9. The fourth-order valence-corrected chi connectivity index (χ4v) is 3.01. The number of para-hydroxylation sites is 1. The minimum atomic E-state index is -0.326. The largest absolute Gasteiger partial charge is 0.460 e. The molecular formula is C16H17NO3. The third kappa shape index (κ3) is 1.92. The van der Waals surface area contributed by atoms with Crippen molar-refractivity contribution in [1.29, 1.82) is 0 Å². The first-order chi connectivity index (χ1) is 9.61. The molecule has 2 atom stereocenters. The fourth-order valence-electron chi connectivity index (χ4n) is 3.01. The molecule has 2 aromatic rings. The van der Waals surface area contributed by atoms with Crippen molar-refractivity contribution in [3.05, 3.63) is 35.6 Å². The number of hydrogen-bond donors (Lipinski definition) is 1. The molecule has 2 unspecified atom stereocenters. The van der Waals surface area contributed by atoms with Crippen molar-refractivity contribution < 1.29 is 14.0 Å². The van der Waals surface area contributed by atoms with E-state index in [1.54, 1.807) is 0 Å². The lowest BCUT2D eigenvalue weighted by molar-refractivity contribution is -0.126. The fraction of sp³-hybridized carbons (Fsp3) is 0.375. The number of carbonyl (C=O) groups is 2. The average molecular weight is 271 g/mol. The predicted molar refractivity (Wildman–Crippen MR) is 75.3 cm³/mol.